The van der Waals surface area contributed by atoms with E-state index in [0.717, 1.165) is 29.7 Å². The third-order valence-corrected chi connectivity index (χ3v) is 3.49. The van der Waals surface area contributed by atoms with Gasteiger partial charge >= 0.3 is 0 Å². The van der Waals surface area contributed by atoms with Gasteiger partial charge in [0.1, 0.15) is 5.52 Å². The second kappa shape index (κ2) is 5.16. The molecule has 2 rings (SSSR count). The highest BCUT2D eigenvalue weighted by atomic mass is 32.1. The van der Waals surface area contributed by atoms with Crippen molar-refractivity contribution in [2.75, 3.05) is 0 Å². The van der Waals surface area contributed by atoms with Crippen molar-refractivity contribution < 1.29 is 4.79 Å². The molecule has 0 spiro atoms. The average Bonchev–Trinajstić information content (AvgIpc) is 2.77. The number of amides is 1. The highest BCUT2D eigenvalue weighted by Crippen LogP contribution is 2.23. The summed E-state index contributed by atoms with van der Waals surface area (Å²) in [6.45, 7) is 4.04. The molecule has 0 aromatic carbocycles. The van der Waals surface area contributed by atoms with Gasteiger partial charge < -0.3 is 10.7 Å². The summed E-state index contributed by atoms with van der Waals surface area (Å²) in [5.74, 6) is -0.334. The zero-order valence-electron chi connectivity index (χ0n) is 11.4. The van der Waals surface area contributed by atoms with E-state index in [1.54, 1.807) is 0 Å². The number of hydrogen-bond acceptors (Lipinski definition) is 3. The molecule has 1 amide bonds. The molecule has 1 atom stereocenters. The Morgan fingerprint density at radius 1 is 1.58 bits per heavy atom. The number of hydrogen-bond donors (Lipinski definition) is 2. The molecule has 6 nitrogen and oxygen atoms in total. The minimum Gasteiger partial charge on any atom is -0.370 e. The van der Waals surface area contributed by atoms with Crippen molar-refractivity contribution in [2.24, 2.45) is 12.8 Å². The number of imidazole rings is 1. The van der Waals surface area contributed by atoms with Crippen LogP contribution < -0.4 is 5.73 Å². The molecule has 0 aliphatic carbocycles. The van der Waals surface area contributed by atoms with E-state index < -0.39 is 0 Å². The number of H-pyrrole nitrogens is 1. The average molecular weight is 281 g/mol. The minimum absolute atomic E-state index is 0.0800. The van der Waals surface area contributed by atoms with Crippen molar-refractivity contribution in [3.8, 4) is 0 Å². The molecule has 2 aromatic rings. The third-order valence-electron chi connectivity index (χ3n) is 3.19. The zero-order chi connectivity index (χ0) is 14.2. The van der Waals surface area contributed by atoms with Gasteiger partial charge in [-0.05, 0) is 25.6 Å². The van der Waals surface area contributed by atoms with E-state index in [9.17, 15) is 4.79 Å². The van der Waals surface area contributed by atoms with Gasteiger partial charge in [0, 0.05) is 19.5 Å². The number of nitrogens with zero attached hydrogens (tertiary/aromatic N) is 3. The predicted molar refractivity (Wildman–Crippen MR) is 76.4 cm³/mol. The topological polar surface area (TPSA) is 81.6 Å². The van der Waals surface area contributed by atoms with E-state index >= 15 is 0 Å². The Kier molecular flexibility index (Phi) is 3.75. The molecule has 0 saturated heterocycles. The van der Waals surface area contributed by atoms with Gasteiger partial charge in [-0.25, -0.2) is 0 Å². The Labute approximate surface area is 116 Å². The minimum atomic E-state index is -0.334. The van der Waals surface area contributed by atoms with Gasteiger partial charge in [-0.15, -0.1) is 0 Å². The van der Waals surface area contributed by atoms with Gasteiger partial charge in [0.05, 0.1) is 5.69 Å². The van der Waals surface area contributed by atoms with E-state index in [4.69, 9.17) is 18.0 Å². The zero-order valence-corrected chi connectivity index (χ0v) is 12.3. The molecule has 104 valence electrons. The van der Waals surface area contributed by atoms with E-state index in [1.165, 1.54) is 0 Å². The van der Waals surface area contributed by atoms with Crippen LogP contribution >= 0.6 is 12.2 Å². The standard InChI is InChI=1S/C12H19N5OS/c1-4-5-8-10-11(16(3)15-8)17(12(19)14-10)7(2)6-9(13)18/h7H,4-6H2,1-3H3,(H2,13,18)(H,14,19). The maximum absolute atomic E-state index is 11.1. The normalized spacial score (nSPS) is 13.0. The van der Waals surface area contributed by atoms with Crippen LogP contribution in [-0.4, -0.2) is 25.2 Å². The molecule has 3 N–H and O–H groups in total. The summed E-state index contributed by atoms with van der Waals surface area (Å²) in [6, 6.07) is -0.0800. The van der Waals surface area contributed by atoms with E-state index in [0.29, 0.717) is 4.77 Å². The molecule has 0 saturated carbocycles. The number of primary amides is 1. The summed E-state index contributed by atoms with van der Waals surface area (Å²) < 4.78 is 4.33. The van der Waals surface area contributed by atoms with Gasteiger partial charge in [0.25, 0.3) is 0 Å². The molecule has 2 aromatic heterocycles. The second-order valence-electron chi connectivity index (χ2n) is 4.84. The number of carbonyl (C=O) groups excluding carboxylic acids is 1. The molecular weight excluding hydrogens is 262 g/mol. The van der Waals surface area contributed by atoms with Crippen molar-refractivity contribution in [2.45, 2.75) is 39.2 Å². The maximum atomic E-state index is 11.1. The van der Waals surface area contributed by atoms with Crippen LogP contribution in [0.1, 0.15) is 38.4 Å². The fraction of sp³-hybridized carbons (Fsp3) is 0.583. The van der Waals surface area contributed by atoms with Crippen molar-refractivity contribution in [1.82, 2.24) is 19.3 Å². The van der Waals surface area contributed by atoms with Gasteiger partial charge in [-0.3, -0.25) is 14.0 Å². The smallest absolute Gasteiger partial charge is 0.219 e. The van der Waals surface area contributed by atoms with E-state index in [2.05, 4.69) is 17.0 Å². The lowest BCUT2D eigenvalue weighted by atomic mass is 10.2. The largest absolute Gasteiger partial charge is 0.370 e. The first-order valence-electron chi connectivity index (χ1n) is 6.40. The number of carbonyl (C=O) groups is 1. The monoisotopic (exact) mass is 281 g/mol. The lowest BCUT2D eigenvalue weighted by molar-refractivity contribution is -0.118. The highest BCUT2D eigenvalue weighted by Gasteiger charge is 2.19. The second-order valence-corrected chi connectivity index (χ2v) is 5.23. The molecule has 0 radical (unpaired) electrons. The molecule has 0 fully saturated rings. The van der Waals surface area contributed by atoms with Gasteiger partial charge in [-0.2, -0.15) is 5.10 Å². The Hall–Kier alpha value is -1.63. The van der Waals surface area contributed by atoms with Crippen LogP contribution in [0, 0.1) is 4.77 Å². The van der Waals surface area contributed by atoms with Crippen molar-refractivity contribution in [1.29, 1.82) is 0 Å². The van der Waals surface area contributed by atoms with Gasteiger partial charge in [0.2, 0.25) is 5.91 Å². The van der Waals surface area contributed by atoms with Crippen LogP contribution in [0.15, 0.2) is 0 Å². The van der Waals surface area contributed by atoms with Crippen LogP contribution in [0.25, 0.3) is 11.2 Å². The predicted octanol–water partition coefficient (Wildman–Crippen LogP) is 1.82. The quantitative estimate of drug-likeness (QED) is 0.820. The number of fused-ring (bicyclic) bond motifs is 1. The fourth-order valence-electron chi connectivity index (χ4n) is 2.44. The molecule has 0 bridgehead atoms. The summed E-state index contributed by atoms with van der Waals surface area (Å²) in [5, 5.41) is 4.50. The summed E-state index contributed by atoms with van der Waals surface area (Å²) in [4.78, 5) is 14.3. The number of nitrogens with two attached hydrogens (primary N) is 1. The van der Waals surface area contributed by atoms with Crippen LogP contribution in [0.2, 0.25) is 0 Å². The lowest BCUT2D eigenvalue weighted by Crippen LogP contribution is -2.18. The summed E-state index contributed by atoms with van der Waals surface area (Å²) >= 11 is 5.35. The Morgan fingerprint density at radius 3 is 2.84 bits per heavy atom. The first kappa shape index (κ1) is 13.8. The Bertz CT molecular complexity index is 665. The molecule has 19 heavy (non-hydrogen) atoms. The number of rotatable bonds is 5. The molecule has 0 aliphatic heterocycles. The SMILES string of the molecule is CCCc1nn(C)c2c1[nH]c(=S)n2C(C)CC(N)=O. The number of aryl methyl sites for hydroxylation is 2. The Balaban J connectivity index is 2.58. The van der Waals surface area contributed by atoms with Crippen LogP contribution in [0.4, 0.5) is 0 Å². The van der Waals surface area contributed by atoms with Crippen molar-refractivity contribution in [3.63, 3.8) is 0 Å². The van der Waals surface area contributed by atoms with Gasteiger partial charge in [-0.1, -0.05) is 13.3 Å². The number of nitrogens with one attached hydrogen (secondary N) is 1. The third kappa shape index (κ3) is 2.42. The maximum Gasteiger partial charge on any atom is 0.219 e. The first-order valence-corrected chi connectivity index (χ1v) is 6.80. The highest BCUT2D eigenvalue weighted by molar-refractivity contribution is 7.71. The molecule has 1 unspecified atom stereocenters. The summed E-state index contributed by atoms with van der Waals surface area (Å²) in [6.07, 6.45) is 2.18. The lowest BCUT2D eigenvalue weighted by Gasteiger charge is -2.12. The summed E-state index contributed by atoms with van der Waals surface area (Å²) in [5.41, 5.74) is 8.16. The fourth-order valence-corrected chi connectivity index (χ4v) is 2.81. The molecule has 2 heterocycles. The van der Waals surface area contributed by atoms with E-state index in [1.807, 2.05) is 23.2 Å². The molecule has 7 heteroatoms. The van der Waals surface area contributed by atoms with Crippen LogP contribution in [-0.2, 0) is 18.3 Å². The first-order chi connectivity index (χ1) is 8.95. The van der Waals surface area contributed by atoms with Crippen LogP contribution in [0.3, 0.4) is 0 Å². The molecule has 0 aliphatic rings. The number of aromatic nitrogens is 4. The van der Waals surface area contributed by atoms with E-state index in [-0.39, 0.29) is 18.4 Å². The molecular formula is C12H19N5OS. The van der Waals surface area contributed by atoms with Gasteiger partial charge in [0.15, 0.2) is 10.4 Å². The van der Waals surface area contributed by atoms with Crippen molar-refractivity contribution in [3.05, 3.63) is 10.5 Å². The summed E-state index contributed by atoms with van der Waals surface area (Å²) in [7, 11) is 1.89. The van der Waals surface area contributed by atoms with Crippen molar-refractivity contribution >= 4 is 29.3 Å². The Morgan fingerprint density at radius 2 is 2.26 bits per heavy atom. The van der Waals surface area contributed by atoms with Crippen LogP contribution in [0.5, 0.6) is 0 Å². The number of aromatic amines is 1.